The second-order valence-electron chi connectivity index (χ2n) is 13.5. The van der Waals surface area contributed by atoms with E-state index in [0.717, 1.165) is 78.1 Å². The molecule has 3 nitrogen and oxygen atoms in total. The first kappa shape index (κ1) is 31.3. The summed E-state index contributed by atoms with van der Waals surface area (Å²) in [6, 6.07) is 60.3. The first-order valence-corrected chi connectivity index (χ1v) is 18.9. The van der Waals surface area contributed by atoms with Crippen molar-refractivity contribution in [3.05, 3.63) is 193 Å². The molecule has 252 valence electrons. The summed E-state index contributed by atoms with van der Waals surface area (Å²) in [5, 5.41) is 3.26. The molecule has 10 rings (SSSR count). The Balaban J connectivity index is 1.04. The van der Waals surface area contributed by atoms with Crippen LogP contribution >= 0.6 is 11.3 Å². The highest BCUT2D eigenvalue weighted by Gasteiger charge is 2.19. The maximum atomic E-state index is 6.37. The first-order valence-electron chi connectivity index (χ1n) is 18.1. The summed E-state index contributed by atoms with van der Waals surface area (Å²) in [5.41, 5.74) is 14.7. The Labute approximate surface area is 312 Å². The van der Waals surface area contributed by atoms with Crippen molar-refractivity contribution in [3.63, 3.8) is 0 Å². The van der Waals surface area contributed by atoms with Gasteiger partial charge in [-0.05, 0) is 101 Å². The fourth-order valence-corrected chi connectivity index (χ4v) is 8.66. The maximum Gasteiger partial charge on any atom is 0.137 e. The van der Waals surface area contributed by atoms with Crippen LogP contribution in [0.5, 0.6) is 0 Å². The van der Waals surface area contributed by atoms with E-state index in [0.29, 0.717) is 0 Å². The summed E-state index contributed by atoms with van der Waals surface area (Å²) in [6.45, 7) is 0. The van der Waals surface area contributed by atoms with E-state index in [1.807, 2.05) is 6.07 Å². The van der Waals surface area contributed by atoms with E-state index in [1.165, 1.54) is 28.0 Å². The normalized spacial score (nSPS) is 13.0. The van der Waals surface area contributed by atoms with Gasteiger partial charge in [0.1, 0.15) is 16.2 Å². The van der Waals surface area contributed by atoms with Crippen LogP contribution in [0.2, 0.25) is 0 Å². The largest absolute Gasteiger partial charge is 0.456 e. The number of benzene rings is 7. The van der Waals surface area contributed by atoms with Crippen LogP contribution in [-0.4, -0.2) is 4.98 Å². The first-order chi connectivity index (χ1) is 26.2. The molecule has 2 aromatic heterocycles. The van der Waals surface area contributed by atoms with Gasteiger partial charge in [0.15, 0.2) is 0 Å². The Hall–Kier alpha value is -6.49. The molecule has 0 N–H and O–H groups in total. The zero-order chi connectivity index (χ0) is 35.1. The SMILES string of the molecule is C1=C(c2ccccc2)CCC=C1N(c1ccc(-c2ccccc2)cc1)c1ccc(-c2ccc3oc4ccc5nc(-c6ccccc6)sc5c4c3c2)cc1. The molecule has 1 aliphatic rings. The van der Waals surface area contributed by atoms with E-state index in [2.05, 4.69) is 181 Å². The van der Waals surface area contributed by atoms with Crippen molar-refractivity contribution in [2.45, 2.75) is 12.8 Å². The molecule has 0 unspecified atom stereocenters. The molecule has 0 saturated heterocycles. The molecular weight excluding hydrogens is 665 g/mol. The van der Waals surface area contributed by atoms with Crippen molar-refractivity contribution in [2.24, 2.45) is 0 Å². The predicted molar refractivity (Wildman–Crippen MR) is 224 cm³/mol. The number of fused-ring (bicyclic) bond motifs is 5. The number of furan rings is 1. The molecule has 2 heterocycles. The molecule has 0 radical (unpaired) electrons. The lowest BCUT2D eigenvalue weighted by Gasteiger charge is -2.29. The van der Waals surface area contributed by atoms with Gasteiger partial charge in [0.25, 0.3) is 0 Å². The minimum Gasteiger partial charge on any atom is -0.456 e. The van der Waals surface area contributed by atoms with Crippen LogP contribution in [0.1, 0.15) is 18.4 Å². The topological polar surface area (TPSA) is 29.3 Å². The van der Waals surface area contributed by atoms with Gasteiger partial charge in [0.2, 0.25) is 0 Å². The molecule has 0 fully saturated rings. The van der Waals surface area contributed by atoms with Gasteiger partial charge in [-0.1, -0.05) is 127 Å². The van der Waals surface area contributed by atoms with Crippen LogP contribution in [0.4, 0.5) is 11.4 Å². The van der Waals surface area contributed by atoms with Crippen LogP contribution in [0.15, 0.2) is 192 Å². The quantitative estimate of drug-likeness (QED) is 0.166. The number of rotatable bonds is 7. The Bertz CT molecular complexity index is 2800. The lowest BCUT2D eigenvalue weighted by atomic mass is 9.95. The third kappa shape index (κ3) is 5.84. The van der Waals surface area contributed by atoms with Crippen molar-refractivity contribution in [1.82, 2.24) is 4.98 Å². The van der Waals surface area contributed by atoms with E-state index in [9.17, 15) is 0 Å². The fraction of sp³-hybridized carbons (Fsp3) is 0.0408. The average molecular weight is 699 g/mol. The zero-order valence-electron chi connectivity index (χ0n) is 28.9. The molecule has 0 amide bonds. The number of thiazole rings is 1. The lowest BCUT2D eigenvalue weighted by molar-refractivity contribution is 0.669. The van der Waals surface area contributed by atoms with Gasteiger partial charge in [-0.3, -0.25) is 0 Å². The van der Waals surface area contributed by atoms with E-state index in [-0.39, 0.29) is 0 Å². The summed E-state index contributed by atoms with van der Waals surface area (Å²) in [4.78, 5) is 7.38. The van der Waals surface area contributed by atoms with Gasteiger partial charge in [-0.2, -0.15) is 0 Å². The van der Waals surface area contributed by atoms with Crippen LogP contribution in [0, 0.1) is 0 Å². The second kappa shape index (κ2) is 13.2. The van der Waals surface area contributed by atoms with Gasteiger partial charge >= 0.3 is 0 Å². The average Bonchev–Trinajstić information content (AvgIpc) is 3.84. The minimum absolute atomic E-state index is 0.887. The molecule has 0 bridgehead atoms. The molecule has 0 spiro atoms. The van der Waals surface area contributed by atoms with E-state index in [4.69, 9.17) is 9.40 Å². The molecular formula is C49H34N2OS. The smallest absolute Gasteiger partial charge is 0.137 e. The van der Waals surface area contributed by atoms with Crippen molar-refractivity contribution < 1.29 is 4.42 Å². The highest BCUT2D eigenvalue weighted by atomic mass is 32.1. The van der Waals surface area contributed by atoms with Gasteiger partial charge in [0, 0.05) is 33.4 Å². The Morgan fingerprint density at radius 2 is 1.09 bits per heavy atom. The standard InChI is InChI=1S/C49H34N2OS/c1-4-11-33(12-5-1)35-19-24-40(25-20-35)51(42-18-10-17-38(31-42)34-13-6-2-7-14-34)41-26-21-36(22-27-41)39-23-29-45-43(32-39)47-46(52-45)30-28-44-48(47)53-49(50-44)37-15-8-3-9-16-37/h1-9,11-16,18-32H,10,17H2. The van der Waals surface area contributed by atoms with E-state index >= 15 is 0 Å². The highest BCUT2D eigenvalue weighted by molar-refractivity contribution is 7.22. The molecule has 4 heteroatoms. The third-order valence-electron chi connectivity index (χ3n) is 10.2. The number of nitrogens with zero attached hydrogens (tertiary/aromatic N) is 2. The Morgan fingerprint density at radius 1 is 0.528 bits per heavy atom. The Kier molecular flexibility index (Phi) is 7.81. The number of allylic oxidation sites excluding steroid dienone is 3. The number of hydrogen-bond acceptors (Lipinski definition) is 4. The molecule has 0 saturated carbocycles. The van der Waals surface area contributed by atoms with Crippen molar-refractivity contribution in [1.29, 1.82) is 0 Å². The summed E-state index contributed by atoms with van der Waals surface area (Å²) in [6.07, 6.45) is 6.75. The molecule has 0 atom stereocenters. The molecule has 53 heavy (non-hydrogen) atoms. The lowest BCUT2D eigenvalue weighted by Crippen LogP contribution is -2.17. The summed E-state index contributed by atoms with van der Waals surface area (Å²) in [5.74, 6) is 0. The van der Waals surface area contributed by atoms with E-state index in [1.54, 1.807) is 11.3 Å². The number of hydrogen-bond donors (Lipinski definition) is 0. The predicted octanol–water partition coefficient (Wildman–Crippen LogP) is 14.1. The number of aromatic nitrogens is 1. The van der Waals surface area contributed by atoms with Crippen LogP contribution in [0.25, 0.3) is 70.6 Å². The highest BCUT2D eigenvalue weighted by Crippen LogP contribution is 2.42. The van der Waals surface area contributed by atoms with Crippen LogP contribution < -0.4 is 4.90 Å². The number of anilines is 2. The van der Waals surface area contributed by atoms with Gasteiger partial charge < -0.3 is 9.32 Å². The van der Waals surface area contributed by atoms with E-state index < -0.39 is 0 Å². The summed E-state index contributed by atoms with van der Waals surface area (Å²) >= 11 is 1.73. The van der Waals surface area contributed by atoms with Gasteiger partial charge in [-0.15, -0.1) is 11.3 Å². The second-order valence-corrected chi connectivity index (χ2v) is 14.5. The van der Waals surface area contributed by atoms with Crippen LogP contribution in [0.3, 0.4) is 0 Å². The summed E-state index contributed by atoms with van der Waals surface area (Å²) < 4.78 is 7.53. The molecule has 1 aliphatic carbocycles. The molecule has 0 aliphatic heterocycles. The van der Waals surface area contributed by atoms with Crippen LogP contribution in [-0.2, 0) is 0 Å². The monoisotopic (exact) mass is 698 g/mol. The van der Waals surface area contributed by atoms with Crippen molar-refractivity contribution >= 4 is 60.4 Å². The van der Waals surface area contributed by atoms with Crippen molar-refractivity contribution in [2.75, 3.05) is 4.90 Å². The fourth-order valence-electron chi connectivity index (χ4n) is 7.54. The van der Waals surface area contributed by atoms with Gasteiger partial charge in [-0.25, -0.2) is 4.98 Å². The zero-order valence-corrected chi connectivity index (χ0v) is 29.8. The molecule has 9 aromatic rings. The Morgan fingerprint density at radius 3 is 1.77 bits per heavy atom. The van der Waals surface area contributed by atoms with Gasteiger partial charge in [0.05, 0.1) is 10.2 Å². The minimum atomic E-state index is 0.887. The third-order valence-corrected chi connectivity index (χ3v) is 11.3. The maximum absolute atomic E-state index is 6.37. The summed E-state index contributed by atoms with van der Waals surface area (Å²) in [7, 11) is 0. The van der Waals surface area contributed by atoms with Crippen molar-refractivity contribution in [3.8, 4) is 32.8 Å². The molecule has 7 aromatic carbocycles.